The highest BCUT2D eigenvalue weighted by molar-refractivity contribution is 7.89. The minimum absolute atomic E-state index is 0.00126. The number of carbonyl (C=O) groups excluding carboxylic acids is 1. The molecule has 0 aliphatic rings. The Morgan fingerprint density at radius 2 is 1.59 bits per heavy atom. The van der Waals surface area contributed by atoms with Crippen molar-refractivity contribution in [2.24, 2.45) is 0 Å². The van der Waals surface area contributed by atoms with E-state index in [2.05, 4.69) is 0 Å². The van der Waals surface area contributed by atoms with Crippen LogP contribution in [-0.2, 0) is 21.4 Å². The number of amides is 1. The van der Waals surface area contributed by atoms with Gasteiger partial charge in [-0.05, 0) is 25.1 Å². The topological polar surface area (TPSA) is 79.7 Å². The zero-order valence-corrected chi connectivity index (χ0v) is 16.6. The fourth-order valence-electron chi connectivity index (χ4n) is 2.84. The number of anilines is 1. The van der Waals surface area contributed by atoms with Crippen LogP contribution in [0.5, 0.6) is 0 Å². The van der Waals surface area contributed by atoms with Gasteiger partial charge in [-0.1, -0.05) is 32.0 Å². The van der Waals surface area contributed by atoms with Crippen LogP contribution in [0.3, 0.4) is 0 Å². The smallest absolute Gasteiger partial charge is 0.251 e. The number of likely N-dealkylation sites (N-methyl/N-ethyl adjacent to an activating group) is 1. The summed E-state index contributed by atoms with van der Waals surface area (Å²) in [6.07, 6.45) is 1.24. The molecule has 0 radical (unpaired) electrons. The molecule has 2 aromatic rings. The van der Waals surface area contributed by atoms with Gasteiger partial charge in [0.1, 0.15) is 6.54 Å². The van der Waals surface area contributed by atoms with E-state index in [1.165, 1.54) is 22.6 Å². The van der Waals surface area contributed by atoms with Crippen LogP contribution in [0, 0.1) is 0 Å². The second-order valence-electron chi connectivity index (χ2n) is 5.89. The normalized spacial score (nSPS) is 11.6. The van der Waals surface area contributed by atoms with Crippen molar-refractivity contribution in [2.75, 3.05) is 24.5 Å². The highest BCUT2D eigenvalue weighted by Crippen LogP contribution is 2.15. The van der Waals surface area contributed by atoms with Gasteiger partial charge in [-0.2, -0.15) is 4.31 Å². The number of carbonyl (C=O) groups is 1. The van der Waals surface area contributed by atoms with E-state index < -0.39 is 15.6 Å². The van der Waals surface area contributed by atoms with Gasteiger partial charge in [0.15, 0.2) is 0 Å². The molecule has 0 aliphatic carbocycles. The van der Waals surface area contributed by atoms with Crippen LogP contribution < -0.4 is 10.5 Å². The Morgan fingerprint density at radius 1 is 0.963 bits per heavy atom. The molecule has 1 heterocycles. The molecule has 0 N–H and O–H groups in total. The zero-order chi connectivity index (χ0) is 20.0. The molecule has 1 aromatic carbocycles. The summed E-state index contributed by atoms with van der Waals surface area (Å²) < 4.78 is 27.8. The number of rotatable bonds is 8. The van der Waals surface area contributed by atoms with Gasteiger partial charge in [-0.15, -0.1) is 0 Å². The molecule has 27 heavy (non-hydrogen) atoms. The van der Waals surface area contributed by atoms with Crippen molar-refractivity contribution < 1.29 is 13.2 Å². The molecule has 7 nitrogen and oxygen atoms in total. The van der Waals surface area contributed by atoms with E-state index in [-0.39, 0.29) is 17.3 Å². The molecule has 0 aliphatic heterocycles. The number of aromatic nitrogens is 1. The van der Waals surface area contributed by atoms with Crippen molar-refractivity contribution in [2.45, 2.75) is 32.2 Å². The van der Waals surface area contributed by atoms with Gasteiger partial charge in [0.05, 0.1) is 4.90 Å². The van der Waals surface area contributed by atoms with Crippen LogP contribution in [0.1, 0.15) is 20.8 Å². The number of para-hydroxylation sites is 1. The third kappa shape index (κ3) is 4.64. The maximum Gasteiger partial charge on any atom is 0.251 e. The second-order valence-corrected chi connectivity index (χ2v) is 7.83. The molecule has 8 heteroatoms. The van der Waals surface area contributed by atoms with Crippen LogP contribution in [0.15, 0.2) is 58.4 Å². The van der Waals surface area contributed by atoms with Crippen molar-refractivity contribution in [3.8, 4) is 0 Å². The minimum Gasteiger partial charge on any atom is -0.311 e. The standard InChI is InChI=1S/C19H25N3O4S/c1-4-21(5-2)27(25,26)17-12-13-18(23)20(14-17)15-19(24)22(6-3)16-10-8-7-9-11-16/h7-14H,4-6,15H2,1-3H3. The van der Waals surface area contributed by atoms with E-state index in [0.717, 1.165) is 10.3 Å². The summed E-state index contributed by atoms with van der Waals surface area (Å²) in [5.74, 6) is -0.289. The Hall–Kier alpha value is -2.45. The van der Waals surface area contributed by atoms with Crippen LogP contribution in [0.4, 0.5) is 5.69 Å². The maximum atomic E-state index is 12.7. The Balaban J connectivity index is 2.34. The number of benzene rings is 1. The number of nitrogens with zero attached hydrogens (tertiary/aromatic N) is 3. The molecular formula is C19H25N3O4S. The predicted molar refractivity (Wildman–Crippen MR) is 105 cm³/mol. The molecule has 2 rings (SSSR count). The molecule has 0 saturated carbocycles. The van der Waals surface area contributed by atoms with Crippen LogP contribution in [0.2, 0.25) is 0 Å². The molecule has 0 spiro atoms. The molecule has 1 aromatic heterocycles. The van der Waals surface area contributed by atoms with Gasteiger partial charge in [-0.25, -0.2) is 8.42 Å². The minimum atomic E-state index is -3.71. The Bertz CT molecular complexity index is 935. The lowest BCUT2D eigenvalue weighted by molar-refractivity contribution is -0.119. The Labute approximate surface area is 159 Å². The average Bonchev–Trinajstić information content (AvgIpc) is 2.65. The summed E-state index contributed by atoms with van der Waals surface area (Å²) in [6, 6.07) is 11.6. The van der Waals surface area contributed by atoms with Crippen molar-refractivity contribution >= 4 is 21.6 Å². The van der Waals surface area contributed by atoms with Gasteiger partial charge < -0.3 is 9.47 Å². The fourth-order valence-corrected chi connectivity index (χ4v) is 4.32. The second kappa shape index (κ2) is 8.96. The van der Waals surface area contributed by atoms with Gasteiger partial charge in [0.2, 0.25) is 15.9 Å². The van der Waals surface area contributed by atoms with E-state index in [9.17, 15) is 18.0 Å². The maximum absolute atomic E-state index is 12.7. The summed E-state index contributed by atoms with van der Waals surface area (Å²) in [4.78, 5) is 26.4. The van der Waals surface area contributed by atoms with Crippen molar-refractivity contribution in [3.05, 3.63) is 59.0 Å². The fraction of sp³-hybridized carbons (Fsp3) is 0.368. The lowest BCUT2D eigenvalue weighted by Crippen LogP contribution is -2.37. The lowest BCUT2D eigenvalue weighted by Gasteiger charge is -2.22. The number of sulfonamides is 1. The van der Waals surface area contributed by atoms with Gasteiger partial charge in [0, 0.05) is 37.6 Å². The van der Waals surface area contributed by atoms with Gasteiger partial charge in [0.25, 0.3) is 5.56 Å². The summed E-state index contributed by atoms with van der Waals surface area (Å²) in [6.45, 7) is 6.20. The van der Waals surface area contributed by atoms with Crippen LogP contribution >= 0.6 is 0 Å². The SMILES string of the molecule is CCN(C(=O)Cn1cc(S(=O)(=O)N(CC)CC)ccc1=O)c1ccccc1. The summed E-state index contributed by atoms with van der Waals surface area (Å²) in [5, 5.41) is 0. The van der Waals surface area contributed by atoms with Crippen molar-refractivity contribution in [1.82, 2.24) is 8.87 Å². The molecule has 0 saturated heterocycles. The van der Waals surface area contributed by atoms with Crippen molar-refractivity contribution in [1.29, 1.82) is 0 Å². The van der Waals surface area contributed by atoms with Gasteiger partial charge in [-0.3, -0.25) is 9.59 Å². The number of hydrogen-bond donors (Lipinski definition) is 0. The Morgan fingerprint density at radius 3 is 2.15 bits per heavy atom. The zero-order valence-electron chi connectivity index (χ0n) is 15.8. The molecular weight excluding hydrogens is 366 g/mol. The highest BCUT2D eigenvalue weighted by atomic mass is 32.2. The van der Waals surface area contributed by atoms with Crippen LogP contribution in [0.25, 0.3) is 0 Å². The number of hydrogen-bond acceptors (Lipinski definition) is 4. The summed E-state index contributed by atoms with van der Waals surface area (Å²) >= 11 is 0. The first-order chi connectivity index (χ1) is 12.8. The van der Waals surface area contributed by atoms with Crippen LogP contribution in [-0.4, -0.2) is 42.8 Å². The largest absolute Gasteiger partial charge is 0.311 e. The average molecular weight is 391 g/mol. The van der Waals surface area contributed by atoms with E-state index in [0.29, 0.717) is 19.6 Å². The van der Waals surface area contributed by atoms with Crippen molar-refractivity contribution in [3.63, 3.8) is 0 Å². The molecule has 0 fully saturated rings. The molecule has 146 valence electrons. The van der Waals surface area contributed by atoms with E-state index >= 15 is 0 Å². The number of pyridine rings is 1. The summed E-state index contributed by atoms with van der Waals surface area (Å²) in [5.41, 5.74) is 0.302. The summed E-state index contributed by atoms with van der Waals surface area (Å²) in [7, 11) is -3.71. The van der Waals surface area contributed by atoms with E-state index in [4.69, 9.17) is 0 Å². The third-order valence-electron chi connectivity index (χ3n) is 4.29. The quantitative estimate of drug-likeness (QED) is 0.689. The van der Waals surface area contributed by atoms with E-state index in [1.54, 1.807) is 18.7 Å². The first kappa shape index (κ1) is 20.9. The van der Waals surface area contributed by atoms with E-state index in [1.807, 2.05) is 37.3 Å². The first-order valence-corrected chi connectivity index (χ1v) is 10.3. The van der Waals surface area contributed by atoms with Gasteiger partial charge >= 0.3 is 0 Å². The molecule has 0 atom stereocenters. The molecule has 0 unspecified atom stereocenters. The Kier molecular flexibility index (Phi) is 6.92. The predicted octanol–water partition coefficient (Wildman–Crippen LogP) is 1.93. The molecule has 0 bridgehead atoms. The highest BCUT2D eigenvalue weighted by Gasteiger charge is 2.23. The lowest BCUT2D eigenvalue weighted by atomic mass is 10.3. The monoisotopic (exact) mass is 391 g/mol. The third-order valence-corrected chi connectivity index (χ3v) is 6.32. The molecule has 1 amide bonds. The first-order valence-electron chi connectivity index (χ1n) is 8.91.